The van der Waals surface area contributed by atoms with Crippen LogP contribution in [-0.2, 0) is 14.6 Å². The first-order valence-corrected chi connectivity index (χ1v) is 17.9. The standard InChI is InChI=1S/C32H66O4S.K/c1-3-5-7-9-11-13-15-16-17-18-19-20-22-24-26-28-30-32(31-36-37(33,34)35)29-27-25-23-21-14-12-10-8-6-4-2;/h32H,3-31H2,1-2H3,(H,33,34,35);/q;+1/p-1. The van der Waals surface area contributed by atoms with E-state index in [0.29, 0.717) is 0 Å². The van der Waals surface area contributed by atoms with E-state index in [-0.39, 0.29) is 63.9 Å². The molecule has 1 atom stereocenters. The van der Waals surface area contributed by atoms with Crippen LogP contribution < -0.4 is 51.4 Å². The molecular weight excluding hydrogens is 520 g/mol. The molecule has 0 aromatic carbocycles. The average molecular weight is 585 g/mol. The Kier molecular flexibility index (Phi) is 36.2. The van der Waals surface area contributed by atoms with Crippen molar-refractivity contribution in [3.63, 3.8) is 0 Å². The van der Waals surface area contributed by atoms with Crippen molar-refractivity contribution < 1.29 is 68.5 Å². The zero-order valence-corrected chi connectivity index (χ0v) is 30.1. The SMILES string of the molecule is CCCCCCCCCCCCCCCCCCC(CCCCCCCCCCCC)COS(=O)(=O)[O-].[K+]. The topological polar surface area (TPSA) is 66.4 Å². The van der Waals surface area contributed by atoms with E-state index in [1.165, 1.54) is 154 Å². The van der Waals surface area contributed by atoms with Crippen LogP contribution >= 0.6 is 0 Å². The third kappa shape index (κ3) is 35.5. The van der Waals surface area contributed by atoms with Gasteiger partial charge in [-0.15, -0.1) is 0 Å². The molecule has 0 aromatic heterocycles. The first kappa shape index (κ1) is 41.6. The quantitative estimate of drug-likeness (QED) is 0.0358. The molecule has 0 aromatic rings. The monoisotopic (exact) mass is 584 g/mol. The van der Waals surface area contributed by atoms with Crippen molar-refractivity contribution >= 4 is 10.4 Å². The fraction of sp³-hybridized carbons (Fsp3) is 1.00. The molecule has 0 saturated carbocycles. The van der Waals surface area contributed by atoms with Gasteiger partial charge in [-0.05, 0) is 18.8 Å². The summed E-state index contributed by atoms with van der Waals surface area (Å²) < 4.78 is 37.4. The Labute approximate surface area is 282 Å². The van der Waals surface area contributed by atoms with Crippen LogP contribution in [0.1, 0.15) is 194 Å². The molecule has 0 heterocycles. The van der Waals surface area contributed by atoms with Crippen LogP contribution in [0.3, 0.4) is 0 Å². The number of unbranched alkanes of at least 4 members (excludes halogenated alkanes) is 24. The van der Waals surface area contributed by atoms with Gasteiger partial charge >= 0.3 is 51.4 Å². The summed E-state index contributed by atoms with van der Waals surface area (Å²) >= 11 is 0. The van der Waals surface area contributed by atoms with E-state index in [1.807, 2.05) is 0 Å². The van der Waals surface area contributed by atoms with Crippen LogP contribution in [0.25, 0.3) is 0 Å². The van der Waals surface area contributed by atoms with Gasteiger partial charge < -0.3 is 4.55 Å². The van der Waals surface area contributed by atoms with Crippen LogP contribution in [0.2, 0.25) is 0 Å². The van der Waals surface area contributed by atoms with Gasteiger partial charge in [-0.2, -0.15) is 0 Å². The van der Waals surface area contributed by atoms with Crippen molar-refractivity contribution in [1.82, 2.24) is 0 Å². The molecule has 1 unspecified atom stereocenters. The maximum atomic E-state index is 10.9. The Morgan fingerprint density at radius 1 is 0.474 bits per heavy atom. The fourth-order valence-electron chi connectivity index (χ4n) is 5.39. The van der Waals surface area contributed by atoms with Crippen LogP contribution in [0.15, 0.2) is 0 Å². The molecule has 0 aliphatic carbocycles. The fourth-order valence-corrected chi connectivity index (χ4v) is 5.75. The average Bonchev–Trinajstić information content (AvgIpc) is 2.87. The molecule has 0 aliphatic rings. The summed E-state index contributed by atoms with van der Waals surface area (Å²) in [6.07, 6.45) is 36.6. The third-order valence-corrected chi connectivity index (χ3v) is 8.30. The molecule has 0 amide bonds. The predicted molar refractivity (Wildman–Crippen MR) is 160 cm³/mol. The van der Waals surface area contributed by atoms with Gasteiger partial charge in [0.1, 0.15) is 0 Å². The van der Waals surface area contributed by atoms with Crippen molar-refractivity contribution in [2.24, 2.45) is 5.92 Å². The molecule has 6 heteroatoms. The van der Waals surface area contributed by atoms with E-state index in [2.05, 4.69) is 18.0 Å². The Morgan fingerprint density at radius 3 is 0.947 bits per heavy atom. The Hall–Kier alpha value is 1.51. The Bertz CT molecular complexity index is 542. The summed E-state index contributed by atoms with van der Waals surface area (Å²) in [7, 11) is -4.58. The molecule has 0 aliphatic heterocycles. The maximum Gasteiger partial charge on any atom is 1.00 e. The zero-order chi connectivity index (χ0) is 27.3. The number of hydrogen-bond acceptors (Lipinski definition) is 4. The van der Waals surface area contributed by atoms with Crippen LogP contribution in [-0.4, -0.2) is 19.6 Å². The van der Waals surface area contributed by atoms with E-state index in [1.54, 1.807) is 0 Å². The van der Waals surface area contributed by atoms with Gasteiger partial charge in [0.25, 0.3) is 0 Å². The van der Waals surface area contributed by atoms with Gasteiger partial charge in [-0.25, -0.2) is 8.42 Å². The van der Waals surface area contributed by atoms with Gasteiger partial charge in [-0.1, -0.05) is 181 Å². The molecule has 0 bridgehead atoms. The summed E-state index contributed by atoms with van der Waals surface area (Å²) in [4.78, 5) is 0. The van der Waals surface area contributed by atoms with Crippen molar-refractivity contribution in [3.05, 3.63) is 0 Å². The van der Waals surface area contributed by atoms with Gasteiger partial charge in [-0.3, -0.25) is 4.18 Å². The largest absolute Gasteiger partial charge is 1.00 e. The van der Waals surface area contributed by atoms with Gasteiger partial charge in [0.05, 0.1) is 6.61 Å². The summed E-state index contributed by atoms with van der Waals surface area (Å²) in [5, 5.41) is 0. The zero-order valence-electron chi connectivity index (χ0n) is 26.1. The van der Waals surface area contributed by atoms with Gasteiger partial charge in [0.15, 0.2) is 0 Å². The van der Waals surface area contributed by atoms with Crippen molar-refractivity contribution in [2.45, 2.75) is 194 Å². The van der Waals surface area contributed by atoms with Crippen LogP contribution in [0, 0.1) is 5.92 Å². The Balaban J connectivity index is 0. The summed E-state index contributed by atoms with van der Waals surface area (Å²) in [5.41, 5.74) is 0. The minimum absolute atomic E-state index is 0. The third-order valence-electron chi connectivity index (χ3n) is 7.88. The van der Waals surface area contributed by atoms with Gasteiger partial charge in [0.2, 0.25) is 10.4 Å². The summed E-state index contributed by atoms with van der Waals surface area (Å²) in [5.74, 6) is 0.199. The van der Waals surface area contributed by atoms with Gasteiger partial charge in [0, 0.05) is 0 Å². The molecule has 0 fully saturated rings. The molecule has 0 radical (unpaired) electrons. The minimum atomic E-state index is -4.58. The first-order chi connectivity index (χ1) is 18.0. The van der Waals surface area contributed by atoms with Crippen molar-refractivity contribution in [3.8, 4) is 0 Å². The van der Waals surface area contributed by atoms with Crippen molar-refractivity contribution in [2.75, 3.05) is 6.61 Å². The van der Waals surface area contributed by atoms with Crippen LogP contribution in [0.5, 0.6) is 0 Å². The predicted octanol–water partition coefficient (Wildman–Crippen LogP) is 8.05. The molecule has 224 valence electrons. The number of rotatable bonds is 31. The molecule has 0 saturated heterocycles. The second kappa shape index (κ2) is 33.0. The number of hydrogen-bond donors (Lipinski definition) is 0. The molecular formula is C32H65KO4S. The van der Waals surface area contributed by atoms with E-state index in [9.17, 15) is 13.0 Å². The smallest absolute Gasteiger partial charge is 0.726 e. The van der Waals surface area contributed by atoms with E-state index in [4.69, 9.17) is 0 Å². The van der Waals surface area contributed by atoms with Crippen LogP contribution in [0.4, 0.5) is 0 Å². The second-order valence-electron chi connectivity index (χ2n) is 11.6. The normalized spacial score (nSPS) is 12.5. The summed E-state index contributed by atoms with van der Waals surface area (Å²) in [6, 6.07) is 0. The van der Waals surface area contributed by atoms with E-state index >= 15 is 0 Å². The summed E-state index contributed by atoms with van der Waals surface area (Å²) in [6.45, 7) is 4.60. The van der Waals surface area contributed by atoms with E-state index in [0.717, 1.165) is 25.7 Å². The second-order valence-corrected chi connectivity index (χ2v) is 12.7. The van der Waals surface area contributed by atoms with Crippen molar-refractivity contribution in [1.29, 1.82) is 0 Å². The Morgan fingerprint density at radius 2 is 0.711 bits per heavy atom. The van der Waals surface area contributed by atoms with E-state index < -0.39 is 10.4 Å². The molecule has 4 nitrogen and oxygen atoms in total. The molecule has 0 spiro atoms. The molecule has 38 heavy (non-hydrogen) atoms. The molecule has 0 N–H and O–H groups in total. The molecule has 0 rings (SSSR count). The maximum absolute atomic E-state index is 10.9. The minimum Gasteiger partial charge on any atom is -0.726 e. The first-order valence-electron chi connectivity index (χ1n) is 16.6.